The maximum Gasteiger partial charge on any atom is 0.224 e. The lowest BCUT2D eigenvalue weighted by atomic mass is 10.1. The Morgan fingerprint density at radius 1 is 1.24 bits per heavy atom. The number of anilines is 2. The first-order valence-corrected chi connectivity index (χ1v) is 7.24. The van der Waals surface area contributed by atoms with Crippen LogP contribution in [0.5, 0.6) is 0 Å². The summed E-state index contributed by atoms with van der Waals surface area (Å²) in [6.45, 7) is 4.89. The minimum atomic E-state index is -0.182. The second-order valence-corrected chi connectivity index (χ2v) is 4.94. The lowest BCUT2D eigenvalue weighted by Crippen LogP contribution is -2.17. The van der Waals surface area contributed by atoms with Gasteiger partial charge in [-0.1, -0.05) is 37.3 Å². The van der Waals surface area contributed by atoms with Crippen molar-refractivity contribution in [2.75, 3.05) is 23.8 Å². The summed E-state index contributed by atoms with van der Waals surface area (Å²) < 4.78 is 0. The summed E-state index contributed by atoms with van der Waals surface area (Å²) in [7, 11) is 0. The number of aryl methyl sites for hydroxylation is 1. The molecule has 0 aliphatic carbocycles. The van der Waals surface area contributed by atoms with Crippen LogP contribution in [0.2, 0.25) is 0 Å². The highest BCUT2D eigenvalue weighted by Crippen LogP contribution is 2.21. The van der Waals surface area contributed by atoms with Crippen LogP contribution < -0.4 is 10.6 Å². The fourth-order valence-corrected chi connectivity index (χ4v) is 1.99. The van der Waals surface area contributed by atoms with Gasteiger partial charge in [-0.3, -0.25) is 0 Å². The maximum absolute atomic E-state index is 9.62. The van der Waals surface area contributed by atoms with E-state index in [1.165, 1.54) is 0 Å². The Balaban J connectivity index is 2.16. The fourth-order valence-electron chi connectivity index (χ4n) is 1.99. The minimum absolute atomic E-state index is 0.00514. The normalized spacial score (nSPS) is 12.0. The zero-order chi connectivity index (χ0) is 15.1. The second-order valence-electron chi connectivity index (χ2n) is 4.94. The van der Waals surface area contributed by atoms with E-state index in [9.17, 15) is 5.11 Å². The lowest BCUT2D eigenvalue weighted by Gasteiger charge is -2.19. The van der Waals surface area contributed by atoms with Gasteiger partial charge in [0.2, 0.25) is 5.95 Å². The van der Waals surface area contributed by atoms with Gasteiger partial charge in [0, 0.05) is 18.3 Å². The molecule has 1 aromatic carbocycles. The van der Waals surface area contributed by atoms with Crippen molar-refractivity contribution in [2.45, 2.75) is 26.3 Å². The highest BCUT2D eigenvalue weighted by atomic mass is 16.3. The molecule has 1 heterocycles. The van der Waals surface area contributed by atoms with Crippen LogP contribution >= 0.6 is 0 Å². The molecule has 0 amide bonds. The number of nitrogens with zero attached hydrogens (tertiary/aromatic N) is 2. The van der Waals surface area contributed by atoms with Crippen molar-refractivity contribution in [1.82, 2.24) is 9.97 Å². The molecule has 0 bridgehead atoms. The Kier molecular flexibility index (Phi) is 5.51. The summed E-state index contributed by atoms with van der Waals surface area (Å²) >= 11 is 0. The predicted octanol–water partition coefficient (Wildman–Crippen LogP) is 2.75. The van der Waals surface area contributed by atoms with Crippen molar-refractivity contribution in [2.24, 2.45) is 0 Å². The van der Waals surface area contributed by atoms with Gasteiger partial charge in [0.05, 0.1) is 12.6 Å². The number of aliphatic hydroxyl groups excluding tert-OH is 1. The molecule has 0 radical (unpaired) electrons. The molecule has 2 rings (SSSR count). The van der Waals surface area contributed by atoms with Crippen LogP contribution in [0.1, 0.15) is 30.5 Å². The zero-order valence-corrected chi connectivity index (χ0v) is 12.5. The molecular weight excluding hydrogens is 264 g/mol. The Bertz CT molecular complexity index is 559. The van der Waals surface area contributed by atoms with Crippen molar-refractivity contribution < 1.29 is 5.11 Å². The zero-order valence-electron chi connectivity index (χ0n) is 12.5. The van der Waals surface area contributed by atoms with Gasteiger partial charge in [0.15, 0.2) is 0 Å². The highest BCUT2D eigenvalue weighted by molar-refractivity contribution is 5.48. The third-order valence-electron chi connectivity index (χ3n) is 3.20. The topological polar surface area (TPSA) is 70.1 Å². The fraction of sp³-hybridized carbons (Fsp3) is 0.375. The first-order valence-electron chi connectivity index (χ1n) is 7.24. The largest absolute Gasteiger partial charge is 0.394 e. The van der Waals surface area contributed by atoms with Gasteiger partial charge >= 0.3 is 0 Å². The van der Waals surface area contributed by atoms with Crippen LogP contribution in [0.4, 0.5) is 11.8 Å². The van der Waals surface area contributed by atoms with Crippen molar-refractivity contribution in [1.29, 1.82) is 0 Å². The van der Waals surface area contributed by atoms with Gasteiger partial charge in [-0.05, 0) is 18.9 Å². The Morgan fingerprint density at radius 3 is 2.67 bits per heavy atom. The van der Waals surface area contributed by atoms with Crippen LogP contribution in [-0.4, -0.2) is 28.2 Å². The van der Waals surface area contributed by atoms with E-state index in [0.717, 1.165) is 29.9 Å². The van der Waals surface area contributed by atoms with Crippen molar-refractivity contribution >= 4 is 11.8 Å². The van der Waals surface area contributed by atoms with Crippen molar-refractivity contribution in [3.63, 3.8) is 0 Å². The van der Waals surface area contributed by atoms with E-state index in [4.69, 9.17) is 0 Å². The molecule has 2 aromatic rings. The van der Waals surface area contributed by atoms with Crippen LogP contribution in [0.15, 0.2) is 36.5 Å². The van der Waals surface area contributed by atoms with Gasteiger partial charge in [-0.15, -0.1) is 0 Å². The smallest absolute Gasteiger partial charge is 0.224 e. The van der Waals surface area contributed by atoms with Crippen LogP contribution in [-0.2, 0) is 0 Å². The van der Waals surface area contributed by atoms with E-state index >= 15 is 0 Å². The molecular formula is C16H22N4O. The molecule has 0 saturated heterocycles. The van der Waals surface area contributed by atoms with Crippen LogP contribution in [0.25, 0.3) is 0 Å². The van der Waals surface area contributed by atoms with Gasteiger partial charge in [0.25, 0.3) is 0 Å². The summed E-state index contributed by atoms with van der Waals surface area (Å²) in [5.41, 5.74) is 1.98. The molecule has 1 unspecified atom stereocenters. The van der Waals surface area contributed by atoms with Gasteiger partial charge in [-0.2, -0.15) is 4.98 Å². The average Bonchev–Trinajstić information content (AvgIpc) is 2.53. The summed E-state index contributed by atoms with van der Waals surface area (Å²) in [5, 5.41) is 16.1. The average molecular weight is 286 g/mol. The quantitative estimate of drug-likeness (QED) is 0.730. The molecule has 1 aromatic heterocycles. The number of hydrogen-bond donors (Lipinski definition) is 3. The third kappa shape index (κ3) is 4.16. The highest BCUT2D eigenvalue weighted by Gasteiger charge is 2.12. The molecule has 112 valence electrons. The molecule has 0 spiro atoms. The SMILES string of the molecule is CCCNc1ncc(C)c(NC(CO)c2ccccc2)n1. The third-order valence-corrected chi connectivity index (χ3v) is 3.20. The first-order chi connectivity index (χ1) is 10.2. The minimum Gasteiger partial charge on any atom is -0.394 e. The Morgan fingerprint density at radius 2 is 2.00 bits per heavy atom. The monoisotopic (exact) mass is 286 g/mol. The standard InChI is InChI=1S/C16H22N4O/c1-3-9-17-16-18-10-12(2)15(20-16)19-14(11-21)13-7-5-4-6-8-13/h4-8,10,14,21H,3,9,11H2,1-2H3,(H2,17,18,19,20). The van der Waals surface area contributed by atoms with E-state index < -0.39 is 0 Å². The summed E-state index contributed by atoms with van der Waals surface area (Å²) in [4.78, 5) is 8.74. The number of benzene rings is 1. The van der Waals surface area contributed by atoms with Gasteiger partial charge in [0.1, 0.15) is 5.82 Å². The van der Waals surface area contributed by atoms with Gasteiger partial charge < -0.3 is 15.7 Å². The molecule has 1 atom stereocenters. The van der Waals surface area contributed by atoms with Crippen molar-refractivity contribution in [3.8, 4) is 0 Å². The molecule has 3 N–H and O–H groups in total. The molecule has 21 heavy (non-hydrogen) atoms. The van der Waals surface area contributed by atoms with Gasteiger partial charge in [-0.25, -0.2) is 4.98 Å². The Hall–Kier alpha value is -2.14. The Labute approximate surface area is 125 Å². The first kappa shape index (κ1) is 15.3. The second kappa shape index (κ2) is 7.59. The van der Waals surface area contributed by atoms with E-state index in [1.54, 1.807) is 6.20 Å². The predicted molar refractivity (Wildman–Crippen MR) is 85.4 cm³/mol. The molecule has 0 saturated carbocycles. The van der Waals surface area contributed by atoms with Crippen molar-refractivity contribution in [3.05, 3.63) is 47.7 Å². The van der Waals surface area contributed by atoms with E-state index in [1.807, 2.05) is 37.3 Å². The molecule has 5 heteroatoms. The summed E-state index contributed by atoms with van der Waals surface area (Å²) in [6, 6.07) is 9.67. The maximum atomic E-state index is 9.62. The number of hydrogen-bond acceptors (Lipinski definition) is 5. The number of rotatable bonds is 7. The lowest BCUT2D eigenvalue weighted by molar-refractivity contribution is 0.276. The molecule has 0 aliphatic heterocycles. The van der Waals surface area contributed by atoms with E-state index in [-0.39, 0.29) is 12.6 Å². The summed E-state index contributed by atoms with van der Waals surface area (Å²) in [6.07, 6.45) is 2.80. The van der Waals surface area contributed by atoms with Crippen LogP contribution in [0.3, 0.4) is 0 Å². The van der Waals surface area contributed by atoms with E-state index in [0.29, 0.717) is 5.95 Å². The number of aromatic nitrogens is 2. The van der Waals surface area contributed by atoms with E-state index in [2.05, 4.69) is 27.5 Å². The molecule has 0 fully saturated rings. The van der Waals surface area contributed by atoms with Crippen LogP contribution in [0, 0.1) is 6.92 Å². The number of aliphatic hydroxyl groups is 1. The molecule has 0 aliphatic rings. The molecule has 5 nitrogen and oxygen atoms in total. The summed E-state index contributed by atoms with van der Waals surface area (Å²) in [5.74, 6) is 1.35. The number of nitrogens with one attached hydrogen (secondary N) is 2.